The van der Waals surface area contributed by atoms with Gasteiger partial charge in [-0.2, -0.15) is 11.8 Å². The van der Waals surface area contributed by atoms with E-state index in [2.05, 4.69) is 18.5 Å². The van der Waals surface area contributed by atoms with E-state index in [1.54, 1.807) is 24.3 Å². The van der Waals surface area contributed by atoms with E-state index in [9.17, 15) is 8.42 Å². The van der Waals surface area contributed by atoms with Crippen LogP contribution >= 0.6 is 11.8 Å². The largest absolute Gasteiger partial charge is 0.310 e. The van der Waals surface area contributed by atoms with Crippen molar-refractivity contribution in [3.05, 3.63) is 29.8 Å². The molecule has 6 heteroatoms. The zero-order chi connectivity index (χ0) is 14.3. The number of hydrogen-bond donors (Lipinski definition) is 2. The topological polar surface area (TPSA) is 72.2 Å². The molecule has 4 nitrogen and oxygen atoms in total. The van der Waals surface area contributed by atoms with Crippen molar-refractivity contribution in [2.24, 2.45) is 5.14 Å². The van der Waals surface area contributed by atoms with Gasteiger partial charge in [-0.15, -0.1) is 0 Å². The Morgan fingerprint density at radius 2 is 1.89 bits per heavy atom. The van der Waals surface area contributed by atoms with Crippen LogP contribution in [0.1, 0.15) is 31.4 Å². The van der Waals surface area contributed by atoms with Crippen LogP contribution < -0.4 is 10.5 Å². The zero-order valence-electron chi connectivity index (χ0n) is 11.4. The molecule has 0 fully saturated rings. The highest BCUT2D eigenvalue weighted by Gasteiger charge is 2.09. The number of nitrogens with two attached hydrogens (primary N) is 1. The van der Waals surface area contributed by atoms with E-state index in [1.807, 2.05) is 11.8 Å². The molecule has 0 bridgehead atoms. The molecule has 0 amide bonds. The first-order valence-corrected chi connectivity index (χ1v) is 9.24. The van der Waals surface area contributed by atoms with Crippen molar-refractivity contribution in [1.29, 1.82) is 0 Å². The summed E-state index contributed by atoms with van der Waals surface area (Å²) >= 11 is 1.86. The molecule has 0 aliphatic heterocycles. The van der Waals surface area contributed by atoms with Crippen molar-refractivity contribution >= 4 is 21.8 Å². The monoisotopic (exact) mass is 302 g/mol. The zero-order valence-corrected chi connectivity index (χ0v) is 13.1. The first-order valence-electron chi connectivity index (χ1n) is 6.30. The third kappa shape index (κ3) is 5.95. The van der Waals surface area contributed by atoms with Gasteiger partial charge in [0.2, 0.25) is 10.0 Å². The van der Waals surface area contributed by atoms with Gasteiger partial charge < -0.3 is 5.32 Å². The Morgan fingerprint density at radius 1 is 1.26 bits per heavy atom. The van der Waals surface area contributed by atoms with Crippen molar-refractivity contribution in [3.63, 3.8) is 0 Å². The predicted octanol–water partition coefficient (Wildman–Crippen LogP) is 2.13. The molecule has 1 aromatic rings. The molecule has 0 saturated heterocycles. The fourth-order valence-electron chi connectivity index (χ4n) is 1.75. The molecule has 0 aliphatic carbocycles. The molecule has 0 spiro atoms. The molecule has 1 unspecified atom stereocenters. The van der Waals surface area contributed by atoms with Crippen LogP contribution in [0.5, 0.6) is 0 Å². The van der Waals surface area contributed by atoms with Crippen molar-refractivity contribution in [2.75, 3.05) is 18.6 Å². The van der Waals surface area contributed by atoms with Gasteiger partial charge in [-0.25, -0.2) is 13.6 Å². The van der Waals surface area contributed by atoms with E-state index < -0.39 is 10.0 Å². The number of hydrogen-bond acceptors (Lipinski definition) is 4. The quantitative estimate of drug-likeness (QED) is 0.722. The Hall–Kier alpha value is -0.560. The van der Waals surface area contributed by atoms with Gasteiger partial charge in [-0.3, -0.25) is 0 Å². The van der Waals surface area contributed by atoms with E-state index in [0.717, 1.165) is 18.5 Å². The first kappa shape index (κ1) is 16.5. The summed E-state index contributed by atoms with van der Waals surface area (Å²) in [4.78, 5) is 0.156. The summed E-state index contributed by atoms with van der Waals surface area (Å²) in [5.41, 5.74) is 1.07. The number of thioether (sulfide) groups is 1. The SMILES string of the molecule is CSCCCCNC(C)c1ccc(S(N)(=O)=O)cc1. The molecule has 1 aromatic carbocycles. The maximum Gasteiger partial charge on any atom is 0.238 e. The van der Waals surface area contributed by atoms with Gasteiger partial charge in [-0.1, -0.05) is 12.1 Å². The lowest BCUT2D eigenvalue weighted by atomic mass is 10.1. The van der Waals surface area contributed by atoms with Crippen LogP contribution in [0.15, 0.2) is 29.2 Å². The average Bonchev–Trinajstić information content (AvgIpc) is 2.37. The molecular weight excluding hydrogens is 280 g/mol. The maximum absolute atomic E-state index is 11.1. The normalized spacial score (nSPS) is 13.4. The van der Waals surface area contributed by atoms with Crippen LogP contribution in [-0.4, -0.2) is 27.0 Å². The van der Waals surface area contributed by atoms with Crippen LogP contribution in [0, 0.1) is 0 Å². The Bertz CT molecular complexity index is 472. The number of unbranched alkanes of at least 4 members (excludes halogenated alkanes) is 1. The Kier molecular flexibility index (Phi) is 6.85. The van der Waals surface area contributed by atoms with Gasteiger partial charge in [0.15, 0.2) is 0 Å². The van der Waals surface area contributed by atoms with Crippen molar-refractivity contribution in [1.82, 2.24) is 5.32 Å². The second kappa shape index (κ2) is 7.89. The Morgan fingerprint density at radius 3 is 2.42 bits per heavy atom. The minimum Gasteiger partial charge on any atom is -0.310 e. The van der Waals surface area contributed by atoms with E-state index in [1.165, 1.54) is 12.2 Å². The fraction of sp³-hybridized carbons (Fsp3) is 0.538. The van der Waals surface area contributed by atoms with Crippen LogP contribution in [0.25, 0.3) is 0 Å². The molecule has 0 radical (unpaired) electrons. The molecule has 108 valence electrons. The van der Waals surface area contributed by atoms with Gasteiger partial charge in [-0.05, 0) is 56.0 Å². The highest BCUT2D eigenvalue weighted by Crippen LogP contribution is 2.15. The van der Waals surface area contributed by atoms with Crippen molar-refractivity contribution in [3.8, 4) is 0 Å². The molecule has 1 rings (SSSR count). The van der Waals surface area contributed by atoms with Crippen LogP contribution in [0.2, 0.25) is 0 Å². The third-order valence-corrected chi connectivity index (χ3v) is 4.56. The highest BCUT2D eigenvalue weighted by molar-refractivity contribution is 7.98. The second-order valence-corrected chi connectivity index (χ2v) is 7.04. The van der Waals surface area contributed by atoms with E-state index >= 15 is 0 Å². The summed E-state index contributed by atoms with van der Waals surface area (Å²) in [5, 5.41) is 8.49. The summed E-state index contributed by atoms with van der Waals surface area (Å²) in [5.74, 6) is 1.19. The predicted molar refractivity (Wildman–Crippen MR) is 81.8 cm³/mol. The summed E-state index contributed by atoms with van der Waals surface area (Å²) in [6.45, 7) is 3.04. The van der Waals surface area contributed by atoms with Crippen molar-refractivity contribution < 1.29 is 8.42 Å². The molecule has 0 aromatic heterocycles. The minimum atomic E-state index is -3.60. The van der Waals surface area contributed by atoms with Crippen LogP contribution in [0.4, 0.5) is 0 Å². The Labute approximate surface area is 120 Å². The minimum absolute atomic E-state index is 0.156. The Balaban J connectivity index is 2.47. The lowest BCUT2D eigenvalue weighted by Gasteiger charge is -2.14. The number of primary sulfonamides is 1. The van der Waals surface area contributed by atoms with Gasteiger partial charge in [0.1, 0.15) is 0 Å². The lowest BCUT2D eigenvalue weighted by Crippen LogP contribution is -2.20. The third-order valence-electron chi connectivity index (χ3n) is 2.93. The highest BCUT2D eigenvalue weighted by atomic mass is 32.2. The van der Waals surface area contributed by atoms with E-state index in [-0.39, 0.29) is 10.9 Å². The number of rotatable bonds is 8. The molecule has 3 N–H and O–H groups in total. The van der Waals surface area contributed by atoms with Crippen LogP contribution in [-0.2, 0) is 10.0 Å². The van der Waals surface area contributed by atoms with E-state index in [4.69, 9.17) is 5.14 Å². The van der Waals surface area contributed by atoms with E-state index in [0.29, 0.717) is 0 Å². The van der Waals surface area contributed by atoms with Crippen molar-refractivity contribution in [2.45, 2.75) is 30.7 Å². The average molecular weight is 302 g/mol. The smallest absolute Gasteiger partial charge is 0.238 e. The summed E-state index contributed by atoms with van der Waals surface area (Å²) in [6.07, 6.45) is 4.48. The van der Waals surface area contributed by atoms with Gasteiger partial charge in [0.05, 0.1) is 4.90 Å². The summed E-state index contributed by atoms with van der Waals surface area (Å²) in [6, 6.07) is 6.93. The number of benzene rings is 1. The lowest BCUT2D eigenvalue weighted by molar-refractivity contribution is 0.555. The molecule has 19 heavy (non-hydrogen) atoms. The molecule has 0 heterocycles. The van der Waals surface area contributed by atoms with Gasteiger partial charge in [0.25, 0.3) is 0 Å². The van der Waals surface area contributed by atoms with Crippen LogP contribution in [0.3, 0.4) is 0 Å². The molecule has 1 atom stereocenters. The number of sulfonamides is 1. The maximum atomic E-state index is 11.1. The number of nitrogens with one attached hydrogen (secondary N) is 1. The molecule has 0 aliphatic rings. The summed E-state index contributed by atoms with van der Waals surface area (Å²) < 4.78 is 22.3. The first-order chi connectivity index (χ1) is 8.95. The summed E-state index contributed by atoms with van der Waals surface area (Å²) in [7, 11) is -3.60. The standard InChI is InChI=1S/C13H22N2O2S2/c1-11(15-9-3-4-10-18-2)12-5-7-13(8-6-12)19(14,16)17/h5-8,11,15H,3-4,9-10H2,1-2H3,(H2,14,16,17). The second-order valence-electron chi connectivity index (χ2n) is 4.49. The van der Waals surface area contributed by atoms with Gasteiger partial charge >= 0.3 is 0 Å². The molecule has 0 saturated carbocycles. The fourth-order valence-corrected chi connectivity index (χ4v) is 2.76. The molecular formula is C13H22N2O2S2. The van der Waals surface area contributed by atoms with Gasteiger partial charge in [0, 0.05) is 6.04 Å².